The van der Waals surface area contributed by atoms with Crippen molar-refractivity contribution in [3.63, 3.8) is 0 Å². The van der Waals surface area contributed by atoms with Crippen LogP contribution in [0, 0.1) is 11.6 Å². The van der Waals surface area contributed by atoms with Gasteiger partial charge in [0.1, 0.15) is 5.69 Å². The molecule has 0 atom stereocenters. The molecule has 1 aromatic heterocycles. The van der Waals surface area contributed by atoms with Gasteiger partial charge in [-0.25, -0.2) is 13.8 Å². The molecule has 0 bridgehead atoms. The topological polar surface area (TPSA) is 56.0 Å². The molecule has 3 nitrogen and oxygen atoms in total. The summed E-state index contributed by atoms with van der Waals surface area (Å²) in [5.74, 6) is -2.81. The summed E-state index contributed by atoms with van der Waals surface area (Å²) in [4.78, 5) is 14.7. The number of primary amides is 1. The summed E-state index contributed by atoms with van der Waals surface area (Å²) in [6, 6.07) is 4.91. The van der Waals surface area contributed by atoms with Crippen molar-refractivity contribution in [2.24, 2.45) is 5.73 Å². The fourth-order valence-electron chi connectivity index (χ4n) is 1.49. The number of hydrogen-bond donors (Lipinski definition) is 1. The molecule has 0 fully saturated rings. The van der Waals surface area contributed by atoms with E-state index in [1.54, 1.807) is 0 Å². The third-order valence-electron chi connectivity index (χ3n) is 2.35. The number of carbonyl (C=O) groups is 1. The number of rotatable bonds is 2. The molecule has 1 aromatic carbocycles. The van der Waals surface area contributed by atoms with Gasteiger partial charge in [-0.05, 0) is 12.1 Å². The lowest BCUT2D eigenvalue weighted by Crippen LogP contribution is -2.13. The molecular formula is C12H7ClF2N2O. The third-order valence-corrected chi connectivity index (χ3v) is 2.65. The SMILES string of the molecule is NC(=O)c1cc(-c2cccc(F)c2F)c(Cl)cn1. The molecule has 0 aliphatic carbocycles. The Labute approximate surface area is 106 Å². The maximum Gasteiger partial charge on any atom is 0.267 e. The second-order valence-electron chi connectivity index (χ2n) is 3.52. The van der Waals surface area contributed by atoms with Gasteiger partial charge in [-0.15, -0.1) is 0 Å². The van der Waals surface area contributed by atoms with Crippen LogP contribution in [0.5, 0.6) is 0 Å². The average Bonchev–Trinajstić information content (AvgIpc) is 2.33. The van der Waals surface area contributed by atoms with Gasteiger partial charge in [0.05, 0.1) is 5.02 Å². The first-order valence-electron chi connectivity index (χ1n) is 4.90. The van der Waals surface area contributed by atoms with E-state index in [1.807, 2.05) is 0 Å². The van der Waals surface area contributed by atoms with Crippen molar-refractivity contribution >= 4 is 17.5 Å². The fourth-order valence-corrected chi connectivity index (χ4v) is 1.70. The van der Waals surface area contributed by atoms with Crippen LogP contribution in [0.1, 0.15) is 10.5 Å². The lowest BCUT2D eigenvalue weighted by molar-refractivity contribution is 0.0995. The average molecular weight is 269 g/mol. The van der Waals surface area contributed by atoms with Gasteiger partial charge in [0.25, 0.3) is 5.91 Å². The zero-order valence-electron chi connectivity index (χ0n) is 8.95. The van der Waals surface area contributed by atoms with Crippen LogP contribution in [0.15, 0.2) is 30.5 Å². The van der Waals surface area contributed by atoms with Crippen LogP contribution in [-0.2, 0) is 0 Å². The smallest absolute Gasteiger partial charge is 0.267 e. The summed E-state index contributed by atoms with van der Waals surface area (Å²) in [6.45, 7) is 0. The molecule has 0 aliphatic rings. The summed E-state index contributed by atoms with van der Waals surface area (Å²) in [7, 11) is 0. The molecule has 18 heavy (non-hydrogen) atoms. The van der Waals surface area contributed by atoms with Crippen molar-refractivity contribution in [3.8, 4) is 11.1 Å². The Balaban J connectivity index is 2.66. The van der Waals surface area contributed by atoms with Gasteiger partial charge in [0, 0.05) is 17.3 Å². The van der Waals surface area contributed by atoms with Crippen molar-refractivity contribution in [1.82, 2.24) is 4.98 Å². The molecule has 0 aliphatic heterocycles. The maximum atomic E-state index is 13.6. The zero-order chi connectivity index (χ0) is 13.3. The lowest BCUT2D eigenvalue weighted by Gasteiger charge is -2.07. The van der Waals surface area contributed by atoms with Gasteiger partial charge in [0.2, 0.25) is 0 Å². The first-order chi connectivity index (χ1) is 8.50. The monoisotopic (exact) mass is 268 g/mol. The van der Waals surface area contributed by atoms with Crippen LogP contribution in [0.3, 0.4) is 0 Å². The molecule has 2 N–H and O–H groups in total. The highest BCUT2D eigenvalue weighted by molar-refractivity contribution is 6.33. The van der Waals surface area contributed by atoms with Crippen molar-refractivity contribution in [3.05, 3.63) is 52.8 Å². The molecule has 0 spiro atoms. The van der Waals surface area contributed by atoms with E-state index in [2.05, 4.69) is 4.98 Å². The minimum atomic E-state index is -1.04. The third kappa shape index (κ3) is 2.17. The highest BCUT2D eigenvalue weighted by Gasteiger charge is 2.15. The number of halogens is 3. The number of hydrogen-bond acceptors (Lipinski definition) is 2. The van der Waals surface area contributed by atoms with E-state index < -0.39 is 17.5 Å². The van der Waals surface area contributed by atoms with Crippen LogP contribution in [0.4, 0.5) is 8.78 Å². The predicted molar refractivity (Wildman–Crippen MR) is 63.1 cm³/mol. The second kappa shape index (κ2) is 4.70. The molecular weight excluding hydrogens is 262 g/mol. The Hall–Kier alpha value is -2.01. The Morgan fingerprint density at radius 2 is 2.00 bits per heavy atom. The van der Waals surface area contributed by atoms with E-state index in [1.165, 1.54) is 24.4 Å². The van der Waals surface area contributed by atoms with Gasteiger partial charge < -0.3 is 5.73 Å². The second-order valence-corrected chi connectivity index (χ2v) is 3.92. The van der Waals surface area contributed by atoms with Gasteiger partial charge in [-0.1, -0.05) is 23.7 Å². The lowest BCUT2D eigenvalue weighted by atomic mass is 10.0. The Bertz CT molecular complexity index is 631. The summed E-state index contributed by atoms with van der Waals surface area (Å²) in [5.41, 5.74) is 5.11. The van der Waals surface area contributed by atoms with Gasteiger partial charge in [-0.2, -0.15) is 0 Å². The minimum absolute atomic E-state index is 0.0510. The predicted octanol–water partition coefficient (Wildman–Crippen LogP) is 2.78. The van der Waals surface area contributed by atoms with Crippen molar-refractivity contribution in [2.75, 3.05) is 0 Å². The number of aromatic nitrogens is 1. The summed E-state index contributed by atoms with van der Waals surface area (Å²) < 4.78 is 26.8. The number of pyridine rings is 1. The molecule has 2 rings (SSSR count). The van der Waals surface area contributed by atoms with E-state index in [4.69, 9.17) is 17.3 Å². The van der Waals surface area contributed by atoms with Gasteiger partial charge in [0.15, 0.2) is 11.6 Å². The zero-order valence-corrected chi connectivity index (χ0v) is 9.71. The number of nitrogens with zero attached hydrogens (tertiary/aromatic N) is 1. The summed E-state index contributed by atoms with van der Waals surface area (Å²) >= 11 is 5.86. The summed E-state index contributed by atoms with van der Waals surface area (Å²) in [6.07, 6.45) is 1.17. The van der Waals surface area contributed by atoms with E-state index in [0.29, 0.717) is 0 Å². The summed E-state index contributed by atoms with van der Waals surface area (Å²) in [5, 5.41) is 0.101. The Morgan fingerprint density at radius 1 is 1.28 bits per heavy atom. The number of benzene rings is 1. The van der Waals surface area contributed by atoms with Crippen LogP contribution < -0.4 is 5.73 Å². The molecule has 6 heteroatoms. The Kier molecular flexibility index (Phi) is 3.25. The fraction of sp³-hybridized carbons (Fsp3) is 0. The standard InChI is InChI=1S/C12H7ClF2N2O/c13-8-5-17-10(12(16)18)4-7(8)6-2-1-3-9(14)11(6)15/h1-5H,(H2,16,18). The molecule has 0 radical (unpaired) electrons. The van der Waals surface area contributed by atoms with E-state index in [-0.39, 0.29) is 21.8 Å². The first kappa shape index (κ1) is 12.4. The first-order valence-corrected chi connectivity index (χ1v) is 5.28. The normalized spacial score (nSPS) is 10.4. The van der Waals surface area contributed by atoms with Crippen molar-refractivity contribution < 1.29 is 13.6 Å². The molecule has 1 amide bonds. The van der Waals surface area contributed by atoms with Crippen LogP contribution in [0.25, 0.3) is 11.1 Å². The van der Waals surface area contributed by atoms with E-state index in [9.17, 15) is 13.6 Å². The number of amides is 1. The quantitative estimate of drug-likeness (QED) is 0.910. The maximum absolute atomic E-state index is 13.6. The number of carbonyl (C=O) groups excluding carboxylic acids is 1. The molecule has 0 saturated heterocycles. The van der Waals surface area contributed by atoms with Crippen LogP contribution in [0.2, 0.25) is 5.02 Å². The van der Waals surface area contributed by atoms with Gasteiger partial charge >= 0.3 is 0 Å². The molecule has 1 heterocycles. The van der Waals surface area contributed by atoms with E-state index >= 15 is 0 Å². The minimum Gasteiger partial charge on any atom is -0.364 e. The largest absolute Gasteiger partial charge is 0.364 e. The van der Waals surface area contributed by atoms with Crippen molar-refractivity contribution in [1.29, 1.82) is 0 Å². The van der Waals surface area contributed by atoms with E-state index in [0.717, 1.165) is 6.07 Å². The van der Waals surface area contributed by atoms with Gasteiger partial charge in [-0.3, -0.25) is 4.79 Å². The van der Waals surface area contributed by atoms with Crippen LogP contribution in [-0.4, -0.2) is 10.9 Å². The highest BCUT2D eigenvalue weighted by Crippen LogP contribution is 2.30. The Morgan fingerprint density at radius 3 is 2.67 bits per heavy atom. The number of nitrogens with two attached hydrogens (primary N) is 1. The molecule has 0 unspecified atom stereocenters. The van der Waals surface area contributed by atoms with Crippen LogP contribution >= 0.6 is 11.6 Å². The molecule has 2 aromatic rings. The highest BCUT2D eigenvalue weighted by atomic mass is 35.5. The molecule has 92 valence electrons. The van der Waals surface area contributed by atoms with Crippen molar-refractivity contribution in [2.45, 2.75) is 0 Å². The molecule has 0 saturated carbocycles.